The Morgan fingerprint density at radius 2 is 1.80 bits per heavy atom. The monoisotopic (exact) mass is 331 g/mol. The van der Waals surface area contributed by atoms with Crippen molar-refractivity contribution in [3.05, 3.63) is 70.9 Å². The van der Waals surface area contributed by atoms with Crippen molar-refractivity contribution < 1.29 is 4.79 Å². The zero-order valence-electron chi connectivity index (χ0n) is 14.5. The van der Waals surface area contributed by atoms with Crippen molar-refractivity contribution in [2.75, 3.05) is 5.32 Å². The van der Waals surface area contributed by atoms with Gasteiger partial charge in [0.1, 0.15) is 0 Å². The van der Waals surface area contributed by atoms with E-state index in [-0.39, 0.29) is 5.78 Å². The van der Waals surface area contributed by atoms with Crippen molar-refractivity contribution in [2.24, 2.45) is 0 Å². The molecule has 1 N–H and O–H groups in total. The average Bonchev–Trinajstić information content (AvgIpc) is 3.00. The normalized spacial score (nSPS) is 13.6. The second-order valence-corrected chi connectivity index (χ2v) is 6.57. The zero-order valence-corrected chi connectivity index (χ0v) is 14.5. The van der Waals surface area contributed by atoms with E-state index in [0.717, 1.165) is 35.5 Å². The fraction of sp³-hybridized carbons (Fsp3) is 0.238. The van der Waals surface area contributed by atoms with Crippen LogP contribution in [0.15, 0.2) is 48.5 Å². The molecule has 0 fully saturated rings. The highest BCUT2D eigenvalue weighted by atomic mass is 16.1. The number of ketones is 1. The SMILES string of the molecule is Cc1cccc(Nc2nn(-c3ccccc3)c3c2C(=O)CCC3)c1C. The molecule has 0 bridgehead atoms. The highest BCUT2D eigenvalue weighted by Crippen LogP contribution is 2.32. The Kier molecular flexibility index (Phi) is 3.88. The lowest BCUT2D eigenvalue weighted by atomic mass is 9.95. The molecule has 1 aliphatic carbocycles. The topological polar surface area (TPSA) is 46.9 Å². The van der Waals surface area contributed by atoms with Gasteiger partial charge in [0.2, 0.25) is 0 Å². The summed E-state index contributed by atoms with van der Waals surface area (Å²) < 4.78 is 1.92. The fourth-order valence-electron chi connectivity index (χ4n) is 3.40. The van der Waals surface area contributed by atoms with Gasteiger partial charge < -0.3 is 5.32 Å². The molecular formula is C21H21N3O. The number of benzene rings is 2. The predicted molar refractivity (Wildman–Crippen MR) is 100 cm³/mol. The van der Waals surface area contributed by atoms with E-state index >= 15 is 0 Å². The van der Waals surface area contributed by atoms with E-state index in [1.54, 1.807) is 0 Å². The maximum absolute atomic E-state index is 12.6. The van der Waals surface area contributed by atoms with E-state index < -0.39 is 0 Å². The van der Waals surface area contributed by atoms with Crippen LogP contribution in [0.1, 0.15) is 40.0 Å². The molecular weight excluding hydrogens is 310 g/mol. The summed E-state index contributed by atoms with van der Waals surface area (Å²) in [7, 11) is 0. The molecule has 0 amide bonds. The fourth-order valence-corrected chi connectivity index (χ4v) is 3.40. The Labute approximate surface area is 147 Å². The number of fused-ring (bicyclic) bond motifs is 1. The number of anilines is 2. The molecule has 3 aromatic rings. The molecule has 4 nitrogen and oxygen atoms in total. The first-order chi connectivity index (χ1) is 12.1. The summed E-state index contributed by atoms with van der Waals surface area (Å²) in [6.07, 6.45) is 2.35. The number of hydrogen-bond donors (Lipinski definition) is 1. The molecule has 0 radical (unpaired) electrons. The van der Waals surface area contributed by atoms with Gasteiger partial charge >= 0.3 is 0 Å². The number of nitrogens with one attached hydrogen (secondary N) is 1. The molecule has 4 rings (SSSR count). The third-order valence-electron chi connectivity index (χ3n) is 4.94. The first-order valence-electron chi connectivity index (χ1n) is 8.69. The maximum Gasteiger partial charge on any atom is 0.168 e. The summed E-state index contributed by atoms with van der Waals surface area (Å²) in [6, 6.07) is 16.2. The second kappa shape index (κ2) is 6.20. The van der Waals surface area contributed by atoms with E-state index in [1.807, 2.05) is 47.1 Å². The number of carbonyl (C=O) groups excluding carboxylic acids is 1. The number of para-hydroxylation sites is 1. The van der Waals surface area contributed by atoms with Crippen LogP contribution in [0.2, 0.25) is 0 Å². The number of aryl methyl sites for hydroxylation is 1. The number of rotatable bonds is 3. The van der Waals surface area contributed by atoms with Crippen molar-refractivity contribution in [1.82, 2.24) is 9.78 Å². The Morgan fingerprint density at radius 1 is 1.00 bits per heavy atom. The smallest absolute Gasteiger partial charge is 0.168 e. The van der Waals surface area contributed by atoms with Crippen molar-refractivity contribution in [2.45, 2.75) is 33.1 Å². The van der Waals surface area contributed by atoms with Crippen molar-refractivity contribution >= 4 is 17.3 Å². The third-order valence-corrected chi connectivity index (χ3v) is 4.94. The van der Waals surface area contributed by atoms with Gasteiger partial charge in [-0.3, -0.25) is 4.79 Å². The average molecular weight is 331 g/mol. The highest BCUT2D eigenvalue weighted by Gasteiger charge is 2.27. The van der Waals surface area contributed by atoms with E-state index in [0.29, 0.717) is 12.2 Å². The highest BCUT2D eigenvalue weighted by molar-refractivity contribution is 6.03. The van der Waals surface area contributed by atoms with Crippen LogP contribution in [0.3, 0.4) is 0 Å². The summed E-state index contributed by atoms with van der Waals surface area (Å²) in [4.78, 5) is 12.6. The zero-order chi connectivity index (χ0) is 17.4. The molecule has 1 heterocycles. The summed E-state index contributed by atoms with van der Waals surface area (Å²) in [6.45, 7) is 4.17. The van der Waals surface area contributed by atoms with E-state index in [9.17, 15) is 4.79 Å². The largest absolute Gasteiger partial charge is 0.338 e. The van der Waals surface area contributed by atoms with Gasteiger partial charge in [0, 0.05) is 12.1 Å². The number of nitrogens with zero attached hydrogens (tertiary/aromatic N) is 2. The van der Waals surface area contributed by atoms with Crippen LogP contribution < -0.4 is 5.32 Å². The standard InChI is InChI=1S/C21H21N3O/c1-14-8-6-11-17(15(14)2)22-21-20-18(12-7-13-19(20)25)24(23-21)16-9-4-3-5-10-16/h3-6,8-11H,7,12-13H2,1-2H3,(H,22,23). The van der Waals surface area contributed by atoms with Gasteiger partial charge in [-0.25, -0.2) is 4.68 Å². The van der Waals surface area contributed by atoms with Gasteiger partial charge in [0.05, 0.1) is 16.9 Å². The number of hydrogen-bond acceptors (Lipinski definition) is 3. The lowest BCUT2D eigenvalue weighted by Crippen LogP contribution is -2.13. The van der Waals surface area contributed by atoms with Crippen LogP contribution in [0.4, 0.5) is 11.5 Å². The summed E-state index contributed by atoms with van der Waals surface area (Å²) in [5.41, 5.74) is 6.13. The van der Waals surface area contributed by atoms with E-state index in [4.69, 9.17) is 5.10 Å². The molecule has 0 saturated carbocycles. The lowest BCUT2D eigenvalue weighted by Gasteiger charge is -2.14. The Bertz CT molecular complexity index is 941. The molecule has 0 aliphatic heterocycles. The molecule has 1 aliphatic rings. The maximum atomic E-state index is 12.6. The van der Waals surface area contributed by atoms with Crippen molar-refractivity contribution in [3.63, 3.8) is 0 Å². The van der Waals surface area contributed by atoms with Crippen LogP contribution in [-0.2, 0) is 6.42 Å². The van der Waals surface area contributed by atoms with Crippen LogP contribution in [-0.4, -0.2) is 15.6 Å². The molecule has 0 atom stereocenters. The molecule has 2 aromatic carbocycles. The molecule has 0 unspecified atom stereocenters. The Hall–Kier alpha value is -2.88. The predicted octanol–water partition coefficient (Wildman–Crippen LogP) is 4.75. The van der Waals surface area contributed by atoms with Crippen molar-refractivity contribution in [3.8, 4) is 5.69 Å². The van der Waals surface area contributed by atoms with Crippen LogP contribution in [0.25, 0.3) is 5.69 Å². The number of aromatic nitrogens is 2. The Morgan fingerprint density at radius 3 is 2.60 bits per heavy atom. The number of carbonyl (C=O) groups is 1. The first kappa shape index (κ1) is 15.6. The minimum absolute atomic E-state index is 0.177. The third kappa shape index (κ3) is 2.74. The Balaban J connectivity index is 1.84. The summed E-state index contributed by atoms with van der Waals surface area (Å²) >= 11 is 0. The molecule has 0 spiro atoms. The van der Waals surface area contributed by atoms with Gasteiger partial charge in [0.25, 0.3) is 0 Å². The minimum atomic E-state index is 0.177. The quantitative estimate of drug-likeness (QED) is 0.753. The van der Waals surface area contributed by atoms with Gasteiger partial charge in [-0.2, -0.15) is 0 Å². The van der Waals surface area contributed by atoms with Gasteiger partial charge in [0.15, 0.2) is 11.6 Å². The second-order valence-electron chi connectivity index (χ2n) is 6.57. The molecule has 4 heteroatoms. The molecule has 0 saturated heterocycles. The summed E-state index contributed by atoms with van der Waals surface area (Å²) in [5, 5.41) is 8.17. The molecule has 1 aromatic heterocycles. The van der Waals surface area contributed by atoms with Crippen LogP contribution in [0, 0.1) is 13.8 Å². The lowest BCUT2D eigenvalue weighted by molar-refractivity contribution is 0.0973. The van der Waals surface area contributed by atoms with Gasteiger partial charge in [-0.1, -0.05) is 30.3 Å². The van der Waals surface area contributed by atoms with Crippen LogP contribution in [0.5, 0.6) is 0 Å². The van der Waals surface area contributed by atoms with Crippen LogP contribution >= 0.6 is 0 Å². The van der Waals surface area contributed by atoms with Crippen molar-refractivity contribution in [1.29, 1.82) is 0 Å². The minimum Gasteiger partial charge on any atom is -0.338 e. The van der Waals surface area contributed by atoms with E-state index in [1.165, 1.54) is 11.1 Å². The van der Waals surface area contributed by atoms with E-state index in [2.05, 4.69) is 25.2 Å². The van der Waals surface area contributed by atoms with Gasteiger partial charge in [-0.15, -0.1) is 5.10 Å². The first-order valence-corrected chi connectivity index (χ1v) is 8.69. The van der Waals surface area contributed by atoms with Gasteiger partial charge in [-0.05, 0) is 56.0 Å². The number of Topliss-reactive ketones (excluding diaryl/α,β-unsaturated/α-hetero) is 1. The summed E-state index contributed by atoms with van der Waals surface area (Å²) in [5.74, 6) is 0.841. The molecule has 25 heavy (non-hydrogen) atoms. The molecule has 126 valence electrons.